The van der Waals surface area contributed by atoms with E-state index in [1.54, 1.807) is 20.3 Å². The van der Waals surface area contributed by atoms with Crippen LogP contribution in [0.25, 0.3) is 11.0 Å². The van der Waals surface area contributed by atoms with Crippen LogP contribution in [0.1, 0.15) is 33.6 Å². The summed E-state index contributed by atoms with van der Waals surface area (Å²) in [5, 5.41) is 4.53. The molecule has 0 radical (unpaired) electrons. The monoisotopic (exact) mass is 475 g/mol. The van der Waals surface area contributed by atoms with E-state index in [9.17, 15) is 4.79 Å². The van der Waals surface area contributed by atoms with Crippen molar-refractivity contribution in [3.63, 3.8) is 0 Å². The second-order valence-electron chi connectivity index (χ2n) is 7.06. The fourth-order valence-corrected chi connectivity index (χ4v) is 4.10. The van der Waals surface area contributed by atoms with Crippen molar-refractivity contribution in [2.45, 2.75) is 45.3 Å². The van der Waals surface area contributed by atoms with Crippen molar-refractivity contribution in [1.29, 1.82) is 0 Å². The molecule has 1 aliphatic heterocycles. The fourth-order valence-electron chi connectivity index (χ4n) is 2.83. The molecular formula is C16H22IN5O2S. The Bertz CT molecular complexity index is 753. The number of likely N-dealkylation sites (tertiary alicyclic amines) is 1. The summed E-state index contributed by atoms with van der Waals surface area (Å²) in [6, 6.07) is 2.31. The lowest BCUT2D eigenvalue weighted by molar-refractivity contribution is 0.0210. The van der Waals surface area contributed by atoms with Crippen molar-refractivity contribution in [2.24, 2.45) is 0 Å². The Kier molecular flexibility index (Phi) is 5.62. The minimum atomic E-state index is -0.456. The molecule has 3 rings (SSSR count). The quantitative estimate of drug-likeness (QED) is 0.675. The van der Waals surface area contributed by atoms with Crippen LogP contribution < -0.4 is 5.32 Å². The van der Waals surface area contributed by atoms with Gasteiger partial charge in [-0.05, 0) is 39.7 Å². The molecule has 1 fully saturated rings. The molecule has 136 valence electrons. The summed E-state index contributed by atoms with van der Waals surface area (Å²) in [7, 11) is 1.58. The highest BCUT2D eigenvalue weighted by molar-refractivity contribution is 14.2. The maximum Gasteiger partial charge on any atom is 0.410 e. The van der Waals surface area contributed by atoms with Crippen molar-refractivity contribution in [3.8, 4) is 0 Å². The van der Waals surface area contributed by atoms with Gasteiger partial charge < -0.3 is 15.0 Å². The zero-order valence-corrected chi connectivity index (χ0v) is 17.5. The summed E-state index contributed by atoms with van der Waals surface area (Å²) in [5.41, 5.74) is 0.450. The van der Waals surface area contributed by atoms with Crippen LogP contribution >= 0.6 is 30.3 Å². The van der Waals surface area contributed by atoms with Crippen molar-refractivity contribution in [2.75, 3.05) is 18.4 Å². The van der Waals surface area contributed by atoms with Gasteiger partial charge in [-0.1, -0.05) is 0 Å². The molecule has 0 bridgehead atoms. The Morgan fingerprint density at radius 2 is 2.08 bits per heavy atom. The number of nitrogens with zero attached hydrogens (tertiary/aromatic N) is 4. The van der Waals surface area contributed by atoms with Gasteiger partial charge in [0, 0.05) is 55.7 Å². The molecule has 2 aromatic rings. The van der Waals surface area contributed by atoms with Gasteiger partial charge in [0.25, 0.3) is 0 Å². The van der Waals surface area contributed by atoms with E-state index >= 15 is 0 Å². The summed E-state index contributed by atoms with van der Waals surface area (Å²) in [5.74, 6) is 0.852. The van der Waals surface area contributed by atoms with E-state index in [2.05, 4.69) is 36.5 Å². The van der Waals surface area contributed by atoms with Gasteiger partial charge >= 0.3 is 6.09 Å². The number of hydrogen-bond donors (Lipinski definition) is 1. The minimum Gasteiger partial charge on any atom is -0.444 e. The topological polar surface area (TPSA) is 72.3 Å². The smallest absolute Gasteiger partial charge is 0.410 e. The summed E-state index contributed by atoms with van der Waals surface area (Å²) in [4.78, 5) is 22.7. The molecule has 25 heavy (non-hydrogen) atoms. The summed E-state index contributed by atoms with van der Waals surface area (Å²) in [6.45, 7) is 7.04. The first-order chi connectivity index (χ1) is 11.9. The zero-order chi connectivity index (χ0) is 18.0. The molecule has 3 heterocycles. The number of piperidine rings is 1. The van der Waals surface area contributed by atoms with E-state index in [4.69, 9.17) is 4.74 Å². The number of fused-ring (bicyclic) bond motifs is 1. The number of aromatic nitrogens is 3. The van der Waals surface area contributed by atoms with E-state index in [0.717, 1.165) is 29.7 Å². The van der Waals surface area contributed by atoms with Crippen molar-refractivity contribution in [1.82, 2.24) is 18.8 Å². The highest BCUT2D eigenvalue weighted by Gasteiger charge is 2.27. The van der Waals surface area contributed by atoms with Gasteiger partial charge in [0.15, 0.2) is 5.65 Å². The Morgan fingerprint density at radius 1 is 1.36 bits per heavy atom. The van der Waals surface area contributed by atoms with Crippen molar-refractivity contribution < 1.29 is 9.53 Å². The highest BCUT2D eigenvalue weighted by Crippen LogP contribution is 2.28. The molecule has 1 aliphatic rings. The molecule has 0 atom stereocenters. The third-order valence-electron chi connectivity index (χ3n) is 4.01. The standard InChI is InChI=1S/C16H22IN5O2S/c1-16(2,3)24-15(23)21-7-4-11(5-8-21)20-13-12-6-9-22(25-17)14(12)19-10-18-13/h6,9-11H,4-5,7-8H2,1-3H3,(H,18,19,20). The molecule has 2 aromatic heterocycles. The van der Waals surface area contributed by atoms with Gasteiger partial charge in [-0.2, -0.15) is 0 Å². The predicted octanol–water partition coefficient (Wildman–Crippen LogP) is 4.09. The number of anilines is 1. The van der Waals surface area contributed by atoms with Crippen LogP contribution in [0.5, 0.6) is 0 Å². The van der Waals surface area contributed by atoms with Crippen molar-refractivity contribution >= 4 is 53.3 Å². The van der Waals surface area contributed by atoms with Gasteiger partial charge in [0.1, 0.15) is 17.7 Å². The Balaban J connectivity index is 1.61. The number of nitrogens with one attached hydrogen (secondary N) is 1. The Labute approximate surface area is 163 Å². The number of carbonyl (C=O) groups excluding carboxylic acids is 1. The normalized spacial score (nSPS) is 16.2. The van der Waals surface area contributed by atoms with Crippen LogP contribution in [0.3, 0.4) is 0 Å². The van der Waals surface area contributed by atoms with Gasteiger partial charge in [0.2, 0.25) is 0 Å². The van der Waals surface area contributed by atoms with Crippen LogP contribution in [-0.4, -0.2) is 49.7 Å². The molecule has 1 N–H and O–H groups in total. The number of rotatable bonds is 3. The van der Waals surface area contributed by atoms with Crippen molar-refractivity contribution in [3.05, 3.63) is 18.6 Å². The van der Waals surface area contributed by atoms with E-state index in [0.29, 0.717) is 13.1 Å². The molecule has 7 nitrogen and oxygen atoms in total. The lowest BCUT2D eigenvalue weighted by Gasteiger charge is -2.33. The number of hydrogen-bond acceptors (Lipinski definition) is 6. The molecule has 0 spiro atoms. The van der Waals surface area contributed by atoms with Gasteiger partial charge in [-0.15, -0.1) is 0 Å². The first-order valence-electron chi connectivity index (χ1n) is 8.23. The second-order valence-corrected chi connectivity index (χ2v) is 8.77. The van der Waals surface area contributed by atoms with Crippen LogP contribution in [0.4, 0.5) is 10.6 Å². The third-order valence-corrected chi connectivity index (χ3v) is 5.73. The average Bonchev–Trinajstić information content (AvgIpc) is 2.98. The fraction of sp³-hybridized carbons (Fsp3) is 0.562. The molecular weight excluding hydrogens is 453 g/mol. The van der Waals surface area contributed by atoms with Crippen LogP contribution in [0.2, 0.25) is 0 Å². The maximum absolute atomic E-state index is 12.1. The molecule has 0 aromatic carbocycles. The Hall–Kier alpha value is -1.23. The molecule has 0 aliphatic carbocycles. The van der Waals surface area contributed by atoms with Crippen LogP contribution in [0, 0.1) is 0 Å². The first-order valence-corrected chi connectivity index (χ1v) is 11.5. The second kappa shape index (κ2) is 7.56. The Morgan fingerprint density at radius 3 is 2.72 bits per heavy atom. The van der Waals surface area contributed by atoms with E-state index in [1.165, 1.54) is 0 Å². The summed E-state index contributed by atoms with van der Waals surface area (Å²) < 4.78 is 7.45. The lowest BCUT2D eigenvalue weighted by atomic mass is 10.1. The average molecular weight is 475 g/mol. The van der Waals surface area contributed by atoms with Gasteiger partial charge in [-0.25, -0.2) is 14.8 Å². The molecule has 1 amide bonds. The highest BCUT2D eigenvalue weighted by atomic mass is 127. The van der Waals surface area contributed by atoms with Gasteiger partial charge in [-0.3, -0.25) is 3.97 Å². The number of halogens is 1. The number of amides is 1. The largest absolute Gasteiger partial charge is 0.444 e. The van der Waals surface area contributed by atoms with E-state index in [-0.39, 0.29) is 12.1 Å². The lowest BCUT2D eigenvalue weighted by Crippen LogP contribution is -2.44. The molecule has 0 unspecified atom stereocenters. The minimum absolute atomic E-state index is 0.230. The van der Waals surface area contributed by atoms with Crippen LogP contribution in [0.15, 0.2) is 18.6 Å². The number of ether oxygens (including phenoxy) is 1. The van der Waals surface area contributed by atoms with E-state index in [1.807, 2.05) is 37.0 Å². The zero-order valence-electron chi connectivity index (χ0n) is 14.5. The van der Waals surface area contributed by atoms with Crippen LogP contribution in [-0.2, 0) is 4.74 Å². The SMILES string of the molecule is CC(C)(C)OC(=O)N1CCC(Nc2ncnc3c2ccn3SI)CC1. The predicted molar refractivity (Wildman–Crippen MR) is 109 cm³/mol. The number of carbonyl (C=O) groups is 1. The summed E-state index contributed by atoms with van der Waals surface area (Å²) >= 11 is 2.23. The molecule has 9 heteroatoms. The first kappa shape index (κ1) is 18.6. The molecule has 0 saturated carbocycles. The summed E-state index contributed by atoms with van der Waals surface area (Å²) in [6.07, 6.45) is 5.08. The molecule has 1 saturated heterocycles. The van der Waals surface area contributed by atoms with E-state index < -0.39 is 5.60 Å². The van der Waals surface area contributed by atoms with Gasteiger partial charge in [0.05, 0.1) is 5.39 Å². The third kappa shape index (κ3) is 4.49. The maximum atomic E-state index is 12.1.